The van der Waals surface area contributed by atoms with E-state index in [1.807, 2.05) is 72.8 Å². The predicted molar refractivity (Wildman–Crippen MR) is 98.9 cm³/mol. The van der Waals surface area contributed by atoms with Crippen LogP contribution in [0.3, 0.4) is 0 Å². The molecule has 1 heteroatoms. The van der Waals surface area contributed by atoms with E-state index in [0.717, 1.165) is 33.4 Å². The molecule has 4 rings (SSSR count). The molecular formula is C23H16O. The molecule has 0 atom stereocenters. The number of fused-ring (bicyclic) bond motifs is 2. The van der Waals surface area contributed by atoms with E-state index in [-0.39, 0.29) is 5.78 Å². The molecule has 0 N–H and O–H groups in total. The van der Waals surface area contributed by atoms with Crippen molar-refractivity contribution in [1.82, 2.24) is 0 Å². The molecule has 0 unspecified atom stereocenters. The maximum absolute atomic E-state index is 12.7. The normalized spacial score (nSPS) is 12.8. The van der Waals surface area contributed by atoms with Crippen LogP contribution in [0.25, 0.3) is 11.6 Å². The van der Waals surface area contributed by atoms with E-state index in [0.29, 0.717) is 0 Å². The van der Waals surface area contributed by atoms with E-state index in [1.165, 1.54) is 0 Å². The van der Waals surface area contributed by atoms with Gasteiger partial charge in [-0.05, 0) is 22.3 Å². The van der Waals surface area contributed by atoms with Crippen LogP contribution in [0.2, 0.25) is 0 Å². The fraction of sp³-hybridized carbons (Fsp3) is 0. The minimum absolute atomic E-state index is 0.102. The minimum Gasteiger partial charge on any atom is -0.289 e. The Kier molecular flexibility index (Phi) is 3.68. The van der Waals surface area contributed by atoms with Crippen molar-refractivity contribution < 1.29 is 4.79 Å². The first-order chi connectivity index (χ1) is 11.8. The second kappa shape index (κ2) is 6.13. The third-order valence-corrected chi connectivity index (χ3v) is 4.27. The number of rotatable bonds is 2. The third kappa shape index (κ3) is 2.50. The van der Waals surface area contributed by atoms with Gasteiger partial charge in [0.05, 0.1) is 0 Å². The monoisotopic (exact) mass is 308 g/mol. The molecule has 0 fully saturated rings. The van der Waals surface area contributed by atoms with Crippen molar-refractivity contribution in [2.75, 3.05) is 0 Å². The third-order valence-electron chi connectivity index (χ3n) is 4.27. The summed E-state index contributed by atoms with van der Waals surface area (Å²) in [6, 6.07) is 25.8. The summed E-state index contributed by atoms with van der Waals surface area (Å²) in [6.07, 6.45) is 6.22. The van der Waals surface area contributed by atoms with Gasteiger partial charge in [0.1, 0.15) is 0 Å². The topological polar surface area (TPSA) is 17.1 Å². The smallest absolute Gasteiger partial charge is 0.194 e. The molecule has 1 aliphatic carbocycles. The number of ketones is 1. The zero-order valence-electron chi connectivity index (χ0n) is 13.1. The second-order valence-electron chi connectivity index (χ2n) is 5.77. The van der Waals surface area contributed by atoms with Crippen molar-refractivity contribution in [3.8, 4) is 0 Å². The average Bonchev–Trinajstić information content (AvgIpc) is 2.65. The summed E-state index contributed by atoms with van der Waals surface area (Å²) in [7, 11) is 0. The van der Waals surface area contributed by atoms with Gasteiger partial charge in [-0.3, -0.25) is 4.79 Å². The highest BCUT2D eigenvalue weighted by molar-refractivity contribution is 6.18. The first-order valence-corrected chi connectivity index (χ1v) is 8.01. The van der Waals surface area contributed by atoms with Crippen molar-refractivity contribution in [3.63, 3.8) is 0 Å². The summed E-state index contributed by atoms with van der Waals surface area (Å²) in [5.74, 6) is 0.102. The lowest BCUT2D eigenvalue weighted by molar-refractivity contribution is 0.103. The summed E-state index contributed by atoms with van der Waals surface area (Å²) in [6.45, 7) is 0. The Labute approximate surface area is 141 Å². The largest absolute Gasteiger partial charge is 0.289 e. The van der Waals surface area contributed by atoms with Gasteiger partial charge in [0.2, 0.25) is 0 Å². The molecule has 0 saturated heterocycles. The molecule has 24 heavy (non-hydrogen) atoms. The number of allylic oxidation sites excluding steroid dienone is 2. The van der Waals surface area contributed by atoms with Gasteiger partial charge in [0, 0.05) is 11.1 Å². The number of carbonyl (C=O) groups is 1. The van der Waals surface area contributed by atoms with E-state index in [2.05, 4.69) is 24.3 Å². The van der Waals surface area contributed by atoms with Gasteiger partial charge in [-0.25, -0.2) is 0 Å². The molecule has 0 aliphatic heterocycles. The van der Waals surface area contributed by atoms with E-state index in [9.17, 15) is 4.79 Å². The van der Waals surface area contributed by atoms with Crippen molar-refractivity contribution in [3.05, 3.63) is 119 Å². The van der Waals surface area contributed by atoms with Crippen LogP contribution < -0.4 is 0 Å². The lowest BCUT2D eigenvalue weighted by atomic mass is 9.81. The maximum Gasteiger partial charge on any atom is 0.194 e. The van der Waals surface area contributed by atoms with Crippen molar-refractivity contribution in [2.45, 2.75) is 0 Å². The molecule has 1 aliphatic rings. The minimum atomic E-state index is 0.102. The van der Waals surface area contributed by atoms with Crippen molar-refractivity contribution >= 4 is 17.4 Å². The number of hydrogen-bond donors (Lipinski definition) is 0. The van der Waals surface area contributed by atoms with Crippen molar-refractivity contribution in [1.29, 1.82) is 0 Å². The average molecular weight is 308 g/mol. The molecule has 1 nitrogen and oxygen atoms in total. The molecule has 0 radical (unpaired) electrons. The molecule has 0 amide bonds. The van der Waals surface area contributed by atoms with Crippen LogP contribution in [0, 0.1) is 0 Å². The predicted octanol–water partition coefficient (Wildman–Crippen LogP) is 5.38. The van der Waals surface area contributed by atoms with Gasteiger partial charge in [-0.2, -0.15) is 0 Å². The van der Waals surface area contributed by atoms with E-state index in [4.69, 9.17) is 0 Å². The Morgan fingerprint density at radius 1 is 0.583 bits per heavy atom. The Bertz CT molecular complexity index is 911. The number of carbonyl (C=O) groups excluding carboxylic acids is 1. The highest BCUT2D eigenvalue weighted by Crippen LogP contribution is 2.35. The van der Waals surface area contributed by atoms with Gasteiger partial charge in [0.15, 0.2) is 5.78 Å². The van der Waals surface area contributed by atoms with Gasteiger partial charge in [-0.15, -0.1) is 0 Å². The van der Waals surface area contributed by atoms with E-state index in [1.54, 1.807) is 0 Å². The fourth-order valence-corrected chi connectivity index (χ4v) is 3.12. The van der Waals surface area contributed by atoms with Crippen LogP contribution in [0.4, 0.5) is 0 Å². The summed E-state index contributed by atoms with van der Waals surface area (Å²) < 4.78 is 0. The molecular weight excluding hydrogens is 292 g/mol. The zero-order chi connectivity index (χ0) is 16.4. The molecule has 0 bridgehead atoms. The summed E-state index contributed by atoms with van der Waals surface area (Å²) in [5.41, 5.74) is 5.79. The molecule has 114 valence electrons. The molecule has 0 heterocycles. The zero-order valence-corrected chi connectivity index (χ0v) is 13.1. The molecule has 0 aromatic heterocycles. The number of benzene rings is 3. The Balaban J connectivity index is 1.83. The first-order valence-electron chi connectivity index (χ1n) is 8.01. The van der Waals surface area contributed by atoms with Gasteiger partial charge in [-0.1, -0.05) is 97.1 Å². The Hall–Kier alpha value is -3.19. The Morgan fingerprint density at radius 3 is 1.67 bits per heavy atom. The lowest BCUT2D eigenvalue weighted by Gasteiger charge is -2.21. The highest BCUT2D eigenvalue weighted by Gasteiger charge is 2.25. The van der Waals surface area contributed by atoms with E-state index >= 15 is 0 Å². The second-order valence-corrected chi connectivity index (χ2v) is 5.77. The molecule has 0 saturated carbocycles. The first kappa shape index (κ1) is 14.4. The summed E-state index contributed by atoms with van der Waals surface area (Å²) >= 11 is 0. The lowest BCUT2D eigenvalue weighted by Crippen LogP contribution is -2.13. The van der Waals surface area contributed by atoms with Crippen LogP contribution in [-0.2, 0) is 0 Å². The van der Waals surface area contributed by atoms with Crippen LogP contribution in [0.15, 0.2) is 91.0 Å². The fourth-order valence-electron chi connectivity index (χ4n) is 3.12. The molecule has 3 aromatic carbocycles. The summed E-state index contributed by atoms with van der Waals surface area (Å²) in [4.78, 5) is 12.7. The van der Waals surface area contributed by atoms with Crippen LogP contribution >= 0.6 is 0 Å². The van der Waals surface area contributed by atoms with Gasteiger partial charge < -0.3 is 0 Å². The Morgan fingerprint density at radius 2 is 1.08 bits per heavy atom. The van der Waals surface area contributed by atoms with Crippen LogP contribution in [0.1, 0.15) is 32.6 Å². The quantitative estimate of drug-likeness (QED) is 0.486. The molecule has 3 aromatic rings. The molecule has 0 spiro atoms. The summed E-state index contributed by atoms with van der Waals surface area (Å²) in [5, 5.41) is 0. The standard InChI is InChI=1S/C23H16O/c24-23-21-14-6-4-12-19(21)18(20-13-5-7-15-22(20)23)16-8-11-17-9-2-1-3-10-17/h1-16H/b11-8+. The number of hydrogen-bond acceptors (Lipinski definition) is 1. The van der Waals surface area contributed by atoms with Gasteiger partial charge >= 0.3 is 0 Å². The van der Waals surface area contributed by atoms with Crippen molar-refractivity contribution in [2.24, 2.45) is 0 Å². The van der Waals surface area contributed by atoms with Gasteiger partial charge in [0.25, 0.3) is 0 Å². The van der Waals surface area contributed by atoms with E-state index < -0.39 is 0 Å². The maximum atomic E-state index is 12.7. The SMILES string of the molecule is O=C1c2ccccc2C(=C/C=C/c2ccccc2)c2ccccc21. The highest BCUT2D eigenvalue weighted by atomic mass is 16.1. The van der Waals surface area contributed by atoms with Crippen LogP contribution in [-0.4, -0.2) is 5.78 Å². The van der Waals surface area contributed by atoms with Crippen LogP contribution in [0.5, 0.6) is 0 Å².